The Kier molecular flexibility index (Phi) is 3.64. The van der Waals surface area contributed by atoms with Crippen molar-refractivity contribution in [1.29, 1.82) is 5.26 Å². The highest BCUT2D eigenvalue weighted by Crippen LogP contribution is 2.20. The number of hydrogen-bond donors (Lipinski definition) is 0. The molecule has 0 radical (unpaired) electrons. The zero-order valence-corrected chi connectivity index (χ0v) is 8.64. The van der Waals surface area contributed by atoms with Crippen LogP contribution in [0.25, 0.3) is 0 Å². The van der Waals surface area contributed by atoms with E-state index >= 15 is 0 Å². The third-order valence-corrected chi connectivity index (χ3v) is 2.01. The van der Waals surface area contributed by atoms with Crippen LogP contribution in [0.1, 0.15) is 11.1 Å². The molecule has 0 unspecified atom stereocenters. The van der Waals surface area contributed by atoms with Gasteiger partial charge in [0.2, 0.25) is 0 Å². The summed E-state index contributed by atoms with van der Waals surface area (Å²) in [5.74, 6) is -1.31. The summed E-state index contributed by atoms with van der Waals surface area (Å²) >= 11 is 5.66. The number of benzene rings is 1. The highest BCUT2D eigenvalue weighted by molar-refractivity contribution is 6.30. The van der Waals surface area contributed by atoms with E-state index in [0.717, 1.165) is 0 Å². The summed E-state index contributed by atoms with van der Waals surface area (Å²) < 4.78 is 17.9. The van der Waals surface area contributed by atoms with Crippen molar-refractivity contribution in [2.75, 3.05) is 7.11 Å². The van der Waals surface area contributed by atoms with Crippen molar-refractivity contribution in [2.24, 2.45) is 0 Å². The average molecular weight is 228 g/mol. The van der Waals surface area contributed by atoms with E-state index in [1.165, 1.54) is 19.2 Å². The molecular weight excluding hydrogens is 221 g/mol. The number of rotatable bonds is 2. The van der Waals surface area contributed by atoms with E-state index in [-0.39, 0.29) is 22.6 Å². The Morgan fingerprint density at radius 3 is 2.87 bits per heavy atom. The molecule has 0 aliphatic heterocycles. The van der Waals surface area contributed by atoms with Gasteiger partial charge in [-0.3, -0.25) is 4.79 Å². The van der Waals surface area contributed by atoms with Gasteiger partial charge in [0, 0.05) is 10.6 Å². The predicted octanol–water partition coefficient (Wildman–Crippen LogP) is 2.07. The van der Waals surface area contributed by atoms with E-state index in [1.54, 1.807) is 6.07 Å². The quantitative estimate of drug-likeness (QED) is 0.727. The molecule has 0 fully saturated rings. The molecule has 0 saturated heterocycles. The SMILES string of the molecule is COC(=O)Cc1cc(Cl)cc(C#N)c1F. The topological polar surface area (TPSA) is 50.1 Å². The minimum Gasteiger partial charge on any atom is -0.469 e. The Labute approximate surface area is 91.0 Å². The van der Waals surface area contributed by atoms with Gasteiger partial charge >= 0.3 is 5.97 Å². The van der Waals surface area contributed by atoms with Gasteiger partial charge in [0.1, 0.15) is 11.9 Å². The fraction of sp³-hybridized carbons (Fsp3) is 0.200. The molecule has 0 heterocycles. The first kappa shape index (κ1) is 11.5. The molecule has 1 aromatic carbocycles. The van der Waals surface area contributed by atoms with Crippen LogP contribution in [-0.4, -0.2) is 13.1 Å². The summed E-state index contributed by atoms with van der Waals surface area (Å²) in [7, 11) is 1.20. The lowest BCUT2D eigenvalue weighted by Gasteiger charge is -2.04. The van der Waals surface area contributed by atoms with Crippen LogP contribution in [0.15, 0.2) is 12.1 Å². The first-order valence-electron chi connectivity index (χ1n) is 4.03. The van der Waals surface area contributed by atoms with E-state index in [4.69, 9.17) is 16.9 Å². The van der Waals surface area contributed by atoms with E-state index in [9.17, 15) is 9.18 Å². The highest BCUT2D eigenvalue weighted by Gasteiger charge is 2.13. The lowest BCUT2D eigenvalue weighted by Crippen LogP contribution is -2.07. The number of ether oxygens (including phenoxy) is 1. The van der Waals surface area contributed by atoms with Crippen molar-refractivity contribution in [3.05, 3.63) is 34.1 Å². The summed E-state index contributed by atoms with van der Waals surface area (Å²) in [6.07, 6.45) is -0.239. The van der Waals surface area contributed by atoms with Crippen LogP contribution in [-0.2, 0) is 16.0 Å². The number of carbonyl (C=O) groups is 1. The number of esters is 1. The van der Waals surface area contributed by atoms with Gasteiger partial charge in [0.05, 0.1) is 19.1 Å². The van der Waals surface area contributed by atoms with Gasteiger partial charge in [0.25, 0.3) is 0 Å². The van der Waals surface area contributed by atoms with Crippen LogP contribution in [0.5, 0.6) is 0 Å². The van der Waals surface area contributed by atoms with Gasteiger partial charge in [-0.25, -0.2) is 4.39 Å². The van der Waals surface area contributed by atoms with Gasteiger partial charge in [-0.05, 0) is 12.1 Å². The summed E-state index contributed by atoms with van der Waals surface area (Å²) in [6.45, 7) is 0. The molecular formula is C10H7ClFNO2. The van der Waals surface area contributed by atoms with Crippen LogP contribution in [0.4, 0.5) is 4.39 Å². The lowest BCUT2D eigenvalue weighted by atomic mass is 10.1. The minimum absolute atomic E-state index is 0.0610. The molecule has 0 bridgehead atoms. The second kappa shape index (κ2) is 4.76. The van der Waals surface area contributed by atoms with Crippen molar-refractivity contribution in [2.45, 2.75) is 6.42 Å². The minimum atomic E-state index is -0.729. The first-order valence-corrected chi connectivity index (χ1v) is 4.41. The van der Waals surface area contributed by atoms with Crippen LogP contribution in [0.3, 0.4) is 0 Å². The van der Waals surface area contributed by atoms with Gasteiger partial charge in [-0.2, -0.15) is 5.26 Å². The maximum absolute atomic E-state index is 13.5. The van der Waals surface area contributed by atoms with Crippen LogP contribution in [0.2, 0.25) is 5.02 Å². The number of carbonyl (C=O) groups excluding carboxylic acids is 1. The Morgan fingerprint density at radius 2 is 2.33 bits per heavy atom. The normalized spacial score (nSPS) is 9.47. The van der Waals surface area contributed by atoms with Crippen LogP contribution >= 0.6 is 11.6 Å². The molecule has 15 heavy (non-hydrogen) atoms. The molecule has 5 heteroatoms. The summed E-state index contributed by atoms with van der Waals surface area (Å²) in [4.78, 5) is 10.9. The predicted molar refractivity (Wildman–Crippen MR) is 51.8 cm³/mol. The van der Waals surface area contributed by atoms with Crippen molar-refractivity contribution in [1.82, 2.24) is 0 Å². The molecule has 1 rings (SSSR count). The summed E-state index contributed by atoms with van der Waals surface area (Å²) in [5, 5.41) is 8.81. The molecule has 0 aliphatic carbocycles. The number of nitriles is 1. The molecule has 3 nitrogen and oxygen atoms in total. The van der Waals surface area contributed by atoms with Crippen LogP contribution in [0, 0.1) is 17.1 Å². The van der Waals surface area contributed by atoms with Gasteiger partial charge in [0.15, 0.2) is 0 Å². The second-order valence-corrected chi connectivity index (χ2v) is 3.23. The summed E-state index contributed by atoms with van der Waals surface area (Å²) in [5.41, 5.74) is -0.118. The van der Waals surface area contributed by atoms with E-state index in [2.05, 4.69) is 4.74 Å². The zero-order chi connectivity index (χ0) is 11.4. The fourth-order valence-electron chi connectivity index (χ4n) is 1.08. The molecule has 0 aromatic heterocycles. The van der Waals surface area contributed by atoms with Crippen LogP contribution < -0.4 is 0 Å². The van der Waals surface area contributed by atoms with Crippen molar-refractivity contribution in [3.8, 4) is 6.07 Å². The third-order valence-electron chi connectivity index (χ3n) is 1.80. The second-order valence-electron chi connectivity index (χ2n) is 2.79. The van der Waals surface area contributed by atoms with Gasteiger partial charge in [-0.15, -0.1) is 0 Å². The molecule has 78 valence electrons. The van der Waals surface area contributed by atoms with Gasteiger partial charge < -0.3 is 4.74 Å². The van der Waals surface area contributed by atoms with E-state index < -0.39 is 11.8 Å². The van der Waals surface area contributed by atoms with E-state index in [1.807, 2.05) is 0 Å². The first-order chi connectivity index (χ1) is 7.08. The maximum Gasteiger partial charge on any atom is 0.310 e. The number of hydrogen-bond acceptors (Lipinski definition) is 3. The number of nitrogens with zero attached hydrogens (tertiary/aromatic N) is 1. The summed E-state index contributed by atoms with van der Waals surface area (Å²) in [6, 6.07) is 4.16. The lowest BCUT2D eigenvalue weighted by molar-refractivity contribution is -0.139. The molecule has 0 spiro atoms. The highest BCUT2D eigenvalue weighted by atomic mass is 35.5. The van der Waals surface area contributed by atoms with Gasteiger partial charge in [-0.1, -0.05) is 11.6 Å². The standard InChI is InChI=1S/C10H7ClFNO2/c1-15-9(14)4-6-2-8(11)3-7(5-13)10(6)12/h2-3H,4H2,1H3. The van der Waals surface area contributed by atoms with Crippen molar-refractivity contribution < 1.29 is 13.9 Å². The average Bonchev–Trinajstić information content (AvgIpc) is 2.22. The zero-order valence-electron chi connectivity index (χ0n) is 7.88. The molecule has 0 aliphatic rings. The number of halogens is 2. The Bertz CT molecular complexity index is 440. The Morgan fingerprint density at radius 1 is 1.67 bits per heavy atom. The van der Waals surface area contributed by atoms with Crippen molar-refractivity contribution >= 4 is 17.6 Å². The third kappa shape index (κ3) is 2.67. The smallest absolute Gasteiger partial charge is 0.310 e. The molecule has 1 aromatic rings. The molecule has 0 N–H and O–H groups in total. The Balaban J connectivity index is 3.13. The van der Waals surface area contributed by atoms with E-state index in [0.29, 0.717) is 0 Å². The molecule has 0 amide bonds. The molecule has 0 atom stereocenters. The largest absolute Gasteiger partial charge is 0.469 e. The molecule has 0 saturated carbocycles. The van der Waals surface area contributed by atoms with Crippen molar-refractivity contribution in [3.63, 3.8) is 0 Å². The number of methoxy groups -OCH3 is 1. The Hall–Kier alpha value is -1.60. The fourth-order valence-corrected chi connectivity index (χ4v) is 1.32. The maximum atomic E-state index is 13.5. The monoisotopic (exact) mass is 227 g/mol.